The van der Waals surface area contributed by atoms with Crippen LogP contribution in [-0.2, 0) is 0 Å². The van der Waals surface area contributed by atoms with Gasteiger partial charge in [0.2, 0.25) is 0 Å². The van der Waals surface area contributed by atoms with Gasteiger partial charge in [0.15, 0.2) is 0 Å². The monoisotopic (exact) mass is 353 g/mol. The lowest BCUT2D eigenvalue weighted by Gasteiger charge is -2.60. The first kappa shape index (κ1) is 18.5. The molecule has 7 atom stereocenters. The Morgan fingerprint density at radius 2 is 1.62 bits per heavy atom. The summed E-state index contributed by atoms with van der Waals surface area (Å²) in [6.45, 7) is 7.22. The van der Waals surface area contributed by atoms with Crippen molar-refractivity contribution in [3.8, 4) is 0 Å². The second kappa shape index (κ2) is 6.49. The zero-order chi connectivity index (χ0) is 16.2. The molecular weight excluding hydrogens is 318 g/mol. The normalized spacial score (nSPS) is 51.1. The number of fused-ring (bicyclic) bond motifs is 5. The van der Waals surface area contributed by atoms with Crippen LogP contribution in [-0.4, -0.2) is 10.9 Å². The predicted molar refractivity (Wildman–Crippen MR) is 102 cm³/mol. The van der Waals surface area contributed by atoms with Crippen LogP contribution < -0.4 is 0 Å². The van der Waals surface area contributed by atoms with E-state index in [1.807, 2.05) is 6.92 Å². The lowest BCUT2D eigenvalue weighted by molar-refractivity contribution is -0.106. The second-order valence-electron chi connectivity index (χ2n) is 9.82. The molecule has 0 aliphatic heterocycles. The van der Waals surface area contributed by atoms with Gasteiger partial charge in [0.25, 0.3) is 0 Å². The van der Waals surface area contributed by atoms with Gasteiger partial charge < -0.3 is 5.21 Å². The first-order valence-electron chi connectivity index (χ1n) is 10.2. The Morgan fingerprint density at radius 3 is 2.38 bits per heavy atom. The fraction of sp³-hybridized carbons (Fsp3) is 0.952. The maximum Gasteiger partial charge on any atom is 0.0576 e. The second-order valence-corrected chi connectivity index (χ2v) is 9.82. The van der Waals surface area contributed by atoms with E-state index in [2.05, 4.69) is 19.0 Å². The topological polar surface area (TPSA) is 32.6 Å². The van der Waals surface area contributed by atoms with Crippen LogP contribution >= 0.6 is 12.4 Å². The molecule has 0 heterocycles. The standard InChI is InChI=1S/C21H35NO.ClH/c1-14(22-23)17-9-10-18-16-8-7-15-6-4-5-12-20(15,2)19(16)11-13-21(17,18)3;/h15-19,23H,4-13H2,1-3H3;1H/t15-,16+,17-,18+,19+,20+,21-;/m1./s1. The van der Waals surface area contributed by atoms with Crippen molar-refractivity contribution in [2.75, 3.05) is 0 Å². The molecule has 0 radical (unpaired) electrons. The van der Waals surface area contributed by atoms with Crippen molar-refractivity contribution in [3.63, 3.8) is 0 Å². The molecule has 4 aliphatic rings. The summed E-state index contributed by atoms with van der Waals surface area (Å²) in [6.07, 6.45) is 14.3. The Balaban J connectivity index is 0.00000169. The molecule has 2 nitrogen and oxygen atoms in total. The summed E-state index contributed by atoms with van der Waals surface area (Å²) in [5.74, 6) is 4.34. The SMILES string of the molecule is CC(=NO)[C@H]1CC[C@H]2[C@@H]3CC[C@H]4CCCC[C@]4(C)[C@H]3CC[C@]12C.Cl. The van der Waals surface area contributed by atoms with Gasteiger partial charge in [0, 0.05) is 5.92 Å². The Morgan fingerprint density at radius 1 is 0.875 bits per heavy atom. The van der Waals surface area contributed by atoms with E-state index in [0.717, 1.165) is 29.4 Å². The zero-order valence-electron chi connectivity index (χ0n) is 15.8. The molecule has 0 saturated heterocycles. The molecule has 0 amide bonds. The van der Waals surface area contributed by atoms with E-state index in [1.54, 1.807) is 0 Å². The molecule has 1 N–H and O–H groups in total. The molecule has 4 fully saturated rings. The summed E-state index contributed by atoms with van der Waals surface area (Å²) in [4.78, 5) is 0. The maximum atomic E-state index is 9.32. The van der Waals surface area contributed by atoms with E-state index in [1.165, 1.54) is 64.2 Å². The number of oxime groups is 1. The molecule has 0 aromatic carbocycles. The molecule has 4 aliphatic carbocycles. The minimum absolute atomic E-state index is 0. The van der Waals surface area contributed by atoms with Crippen molar-refractivity contribution in [2.45, 2.75) is 85.0 Å². The maximum absolute atomic E-state index is 9.32. The van der Waals surface area contributed by atoms with E-state index < -0.39 is 0 Å². The molecule has 0 aromatic rings. The highest BCUT2D eigenvalue weighted by atomic mass is 35.5. The van der Waals surface area contributed by atoms with Crippen LogP contribution in [0.2, 0.25) is 0 Å². The lowest BCUT2D eigenvalue weighted by Crippen LogP contribution is -2.53. The number of rotatable bonds is 1. The lowest BCUT2D eigenvalue weighted by atomic mass is 9.45. The van der Waals surface area contributed by atoms with Crippen LogP contribution in [0, 0.1) is 40.4 Å². The summed E-state index contributed by atoms with van der Waals surface area (Å²) in [5, 5.41) is 12.9. The Hall–Kier alpha value is -0.240. The van der Waals surface area contributed by atoms with Gasteiger partial charge in [0.1, 0.15) is 0 Å². The molecule has 138 valence electrons. The summed E-state index contributed by atoms with van der Waals surface area (Å²) >= 11 is 0. The Kier molecular flexibility index (Phi) is 5.01. The summed E-state index contributed by atoms with van der Waals surface area (Å²) in [5.41, 5.74) is 2.03. The number of halogens is 1. The molecule has 24 heavy (non-hydrogen) atoms. The third-order valence-corrected chi connectivity index (χ3v) is 9.25. The van der Waals surface area contributed by atoms with E-state index >= 15 is 0 Å². The van der Waals surface area contributed by atoms with Gasteiger partial charge >= 0.3 is 0 Å². The van der Waals surface area contributed by atoms with Crippen LogP contribution in [0.5, 0.6) is 0 Å². The highest BCUT2D eigenvalue weighted by Crippen LogP contribution is 2.67. The van der Waals surface area contributed by atoms with Crippen LogP contribution in [0.1, 0.15) is 85.0 Å². The highest BCUT2D eigenvalue weighted by molar-refractivity contribution is 5.85. The average Bonchev–Trinajstić information content (AvgIpc) is 2.91. The molecule has 0 unspecified atom stereocenters. The first-order chi connectivity index (χ1) is 11.0. The van der Waals surface area contributed by atoms with Crippen LogP contribution in [0.4, 0.5) is 0 Å². The van der Waals surface area contributed by atoms with Crippen LogP contribution in [0.3, 0.4) is 0 Å². The van der Waals surface area contributed by atoms with Gasteiger partial charge in [-0.1, -0.05) is 31.8 Å². The zero-order valence-corrected chi connectivity index (χ0v) is 16.6. The summed E-state index contributed by atoms with van der Waals surface area (Å²) < 4.78 is 0. The largest absolute Gasteiger partial charge is 0.411 e. The number of nitrogens with zero attached hydrogens (tertiary/aromatic N) is 1. The summed E-state index contributed by atoms with van der Waals surface area (Å²) in [7, 11) is 0. The molecular formula is C21H36ClNO. The van der Waals surface area contributed by atoms with Gasteiger partial charge in [-0.05, 0) is 92.8 Å². The highest BCUT2D eigenvalue weighted by Gasteiger charge is 2.59. The molecule has 3 heteroatoms. The van der Waals surface area contributed by atoms with Crippen molar-refractivity contribution in [3.05, 3.63) is 0 Å². The van der Waals surface area contributed by atoms with Gasteiger partial charge in [-0.25, -0.2) is 0 Å². The third kappa shape index (κ3) is 2.46. The van der Waals surface area contributed by atoms with E-state index in [9.17, 15) is 5.21 Å². The van der Waals surface area contributed by atoms with E-state index in [4.69, 9.17) is 0 Å². The Labute approximate surface area is 154 Å². The van der Waals surface area contributed by atoms with Crippen LogP contribution in [0.15, 0.2) is 5.16 Å². The van der Waals surface area contributed by atoms with Crippen molar-refractivity contribution < 1.29 is 5.21 Å². The Bertz CT molecular complexity index is 506. The number of hydrogen-bond donors (Lipinski definition) is 1. The van der Waals surface area contributed by atoms with Gasteiger partial charge in [0.05, 0.1) is 5.71 Å². The predicted octanol–water partition coefficient (Wildman–Crippen LogP) is 6.31. The van der Waals surface area contributed by atoms with E-state index in [-0.39, 0.29) is 12.4 Å². The van der Waals surface area contributed by atoms with Gasteiger partial charge in [-0.15, -0.1) is 12.4 Å². The number of hydrogen-bond acceptors (Lipinski definition) is 2. The quantitative estimate of drug-likeness (QED) is 0.334. The molecule has 0 bridgehead atoms. The average molecular weight is 354 g/mol. The fourth-order valence-corrected chi connectivity index (χ4v) is 8.05. The fourth-order valence-electron chi connectivity index (χ4n) is 8.05. The third-order valence-electron chi connectivity index (χ3n) is 9.25. The minimum Gasteiger partial charge on any atom is -0.411 e. The van der Waals surface area contributed by atoms with Crippen molar-refractivity contribution in [1.29, 1.82) is 0 Å². The molecule has 4 rings (SSSR count). The van der Waals surface area contributed by atoms with Gasteiger partial charge in [-0.3, -0.25) is 0 Å². The van der Waals surface area contributed by atoms with Crippen molar-refractivity contribution >= 4 is 18.1 Å². The minimum atomic E-state index is 0. The van der Waals surface area contributed by atoms with Crippen molar-refractivity contribution in [2.24, 2.45) is 45.6 Å². The summed E-state index contributed by atoms with van der Waals surface area (Å²) in [6, 6.07) is 0. The smallest absolute Gasteiger partial charge is 0.0576 e. The van der Waals surface area contributed by atoms with Crippen molar-refractivity contribution in [1.82, 2.24) is 0 Å². The molecule has 0 spiro atoms. The molecule has 0 aromatic heterocycles. The first-order valence-corrected chi connectivity index (χ1v) is 10.2. The van der Waals surface area contributed by atoms with Gasteiger partial charge in [-0.2, -0.15) is 0 Å². The van der Waals surface area contributed by atoms with Crippen LogP contribution in [0.25, 0.3) is 0 Å². The molecule has 4 saturated carbocycles. The van der Waals surface area contributed by atoms with E-state index in [0.29, 0.717) is 16.7 Å².